The maximum Gasteiger partial charge on any atom is 0.243 e. The second-order valence-corrected chi connectivity index (χ2v) is 9.45. The van der Waals surface area contributed by atoms with E-state index in [0.29, 0.717) is 36.7 Å². The highest BCUT2D eigenvalue weighted by Gasteiger charge is 2.32. The zero-order valence-electron chi connectivity index (χ0n) is 16.5. The van der Waals surface area contributed by atoms with Gasteiger partial charge < -0.3 is 10.1 Å². The average Bonchev–Trinajstić information content (AvgIpc) is 2.74. The molecule has 0 aromatic heterocycles. The fourth-order valence-corrected chi connectivity index (χ4v) is 5.26. The Morgan fingerprint density at radius 1 is 1.14 bits per heavy atom. The second-order valence-electron chi connectivity index (χ2n) is 7.11. The van der Waals surface area contributed by atoms with E-state index in [4.69, 9.17) is 16.3 Å². The first-order chi connectivity index (χ1) is 13.8. The molecule has 1 heterocycles. The lowest BCUT2D eigenvalue weighted by molar-refractivity contribution is -0.126. The van der Waals surface area contributed by atoms with Gasteiger partial charge in [-0.25, -0.2) is 8.42 Å². The van der Waals surface area contributed by atoms with Crippen LogP contribution in [0.4, 0.5) is 0 Å². The van der Waals surface area contributed by atoms with Crippen molar-refractivity contribution in [2.75, 3.05) is 20.2 Å². The molecule has 0 aliphatic carbocycles. The molecule has 1 saturated heterocycles. The Labute approximate surface area is 176 Å². The van der Waals surface area contributed by atoms with Crippen LogP contribution in [-0.4, -0.2) is 38.8 Å². The van der Waals surface area contributed by atoms with Crippen molar-refractivity contribution in [1.82, 2.24) is 9.62 Å². The van der Waals surface area contributed by atoms with Gasteiger partial charge in [0.25, 0.3) is 0 Å². The van der Waals surface area contributed by atoms with E-state index in [1.54, 1.807) is 18.2 Å². The smallest absolute Gasteiger partial charge is 0.243 e. The lowest BCUT2D eigenvalue weighted by Crippen LogP contribution is -2.43. The molecule has 6 nitrogen and oxygen atoms in total. The monoisotopic (exact) mass is 436 g/mol. The van der Waals surface area contributed by atoms with Gasteiger partial charge in [-0.3, -0.25) is 4.79 Å². The molecule has 3 rings (SSSR count). The molecule has 156 valence electrons. The maximum absolute atomic E-state index is 12.8. The van der Waals surface area contributed by atoms with Gasteiger partial charge in [0.05, 0.1) is 18.0 Å². The highest BCUT2D eigenvalue weighted by atomic mass is 35.5. The molecule has 0 radical (unpaired) electrons. The molecule has 2 aromatic carbocycles. The van der Waals surface area contributed by atoms with Crippen molar-refractivity contribution in [2.45, 2.75) is 30.7 Å². The molecule has 1 unspecified atom stereocenters. The number of rotatable bonds is 6. The fourth-order valence-electron chi connectivity index (χ4n) is 3.49. The number of carbonyl (C=O) groups excluding carboxylic acids is 1. The number of hydrogen-bond acceptors (Lipinski definition) is 4. The Hall–Kier alpha value is -2.09. The summed E-state index contributed by atoms with van der Waals surface area (Å²) in [6.07, 6.45) is 0.965. The lowest BCUT2D eigenvalue weighted by Gasteiger charge is -2.31. The van der Waals surface area contributed by atoms with E-state index < -0.39 is 10.0 Å². The van der Waals surface area contributed by atoms with E-state index in [2.05, 4.69) is 5.32 Å². The third-order valence-electron chi connectivity index (χ3n) is 5.25. The number of amides is 1. The Balaban J connectivity index is 1.59. The first-order valence-corrected chi connectivity index (χ1v) is 11.3. The summed E-state index contributed by atoms with van der Waals surface area (Å²) >= 11 is 6.20. The van der Waals surface area contributed by atoms with Crippen molar-refractivity contribution < 1.29 is 17.9 Å². The molecule has 1 amide bonds. The van der Waals surface area contributed by atoms with Gasteiger partial charge >= 0.3 is 0 Å². The van der Waals surface area contributed by atoms with Crippen LogP contribution in [0.3, 0.4) is 0 Å². The van der Waals surface area contributed by atoms with Crippen molar-refractivity contribution in [3.8, 4) is 5.75 Å². The minimum Gasteiger partial charge on any atom is -0.497 e. The normalized spacial score (nSPS) is 16.9. The molecular formula is C21H25ClN2O4S. The quantitative estimate of drug-likeness (QED) is 0.750. The first-order valence-electron chi connectivity index (χ1n) is 9.52. The molecule has 0 bridgehead atoms. The predicted molar refractivity (Wildman–Crippen MR) is 112 cm³/mol. The van der Waals surface area contributed by atoms with Gasteiger partial charge in [-0.05, 0) is 55.7 Å². The van der Waals surface area contributed by atoms with Crippen molar-refractivity contribution >= 4 is 27.5 Å². The largest absolute Gasteiger partial charge is 0.497 e. The van der Waals surface area contributed by atoms with E-state index >= 15 is 0 Å². The number of nitrogens with one attached hydrogen (secondary N) is 1. The number of halogens is 1. The van der Waals surface area contributed by atoms with Crippen molar-refractivity contribution in [3.63, 3.8) is 0 Å². The summed E-state index contributed by atoms with van der Waals surface area (Å²) in [7, 11) is -2.05. The van der Waals surface area contributed by atoms with Crippen LogP contribution in [0, 0.1) is 5.92 Å². The van der Waals surface area contributed by atoms with Crippen LogP contribution in [0.25, 0.3) is 0 Å². The zero-order chi connectivity index (χ0) is 21.0. The van der Waals surface area contributed by atoms with Gasteiger partial charge in [-0.1, -0.05) is 29.8 Å². The summed E-state index contributed by atoms with van der Waals surface area (Å²) in [5.74, 6) is 0.313. The molecule has 2 aromatic rings. The average molecular weight is 437 g/mol. The molecule has 1 aliphatic rings. The summed E-state index contributed by atoms with van der Waals surface area (Å²) in [6, 6.07) is 13.5. The number of carbonyl (C=O) groups is 1. The molecule has 1 aliphatic heterocycles. The molecule has 0 spiro atoms. The summed E-state index contributed by atoms with van der Waals surface area (Å²) < 4.78 is 32.2. The number of benzene rings is 2. The Kier molecular flexibility index (Phi) is 6.82. The van der Waals surface area contributed by atoms with Gasteiger partial charge in [-0.2, -0.15) is 4.31 Å². The van der Waals surface area contributed by atoms with E-state index in [0.717, 1.165) is 5.56 Å². The third-order valence-corrected chi connectivity index (χ3v) is 7.51. The third kappa shape index (κ3) is 4.91. The van der Waals surface area contributed by atoms with Crippen molar-refractivity contribution in [3.05, 3.63) is 59.1 Å². The lowest BCUT2D eigenvalue weighted by atomic mass is 9.96. The summed E-state index contributed by atoms with van der Waals surface area (Å²) in [5, 5.41) is 3.61. The zero-order valence-corrected chi connectivity index (χ0v) is 18.0. The van der Waals surface area contributed by atoms with Crippen LogP contribution in [0.1, 0.15) is 31.4 Å². The number of sulfonamides is 1. The Bertz CT molecular complexity index is 955. The van der Waals surface area contributed by atoms with Crippen molar-refractivity contribution in [2.24, 2.45) is 5.92 Å². The molecule has 1 fully saturated rings. The number of piperidine rings is 1. The molecule has 29 heavy (non-hydrogen) atoms. The second kappa shape index (κ2) is 9.15. The molecule has 1 N–H and O–H groups in total. The molecule has 0 saturated carbocycles. The van der Waals surface area contributed by atoms with Crippen LogP contribution in [0.15, 0.2) is 53.4 Å². The van der Waals surface area contributed by atoms with Gasteiger partial charge in [0, 0.05) is 24.0 Å². The first kappa shape index (κ1) is 21.6. The maximum atomic E-state index is 12.8. The standard InChI is InChI=1S/C21H25ClN2O4S/c1-15(19-5-3-4-6-20(19)22)23-21(25)16-11-13-24(14-12-16)29(26,27)18-9-7-17(28-2)8-10-18/h3-10,15-16H,11-14H2,1-2H3,(H,23,25). The number of hydrogen-bond donors (Lipinski definition) is 1. The Morgan fingerprint density at radius 2 is 1.76 bits per heavy atom. The Morgan fingerprint density at radius 3 is 2.34 bits per heavy atom. The van der Waals surface area contributed by atoms with Crippen LogP contribution in [0.2, 0.25) is 5.02 Å². The summed E-state index contributed by atoms with van der Waals surface area (Å²) in [4.78, 5) is 12.9. The van der Waals surface area contributed by atoms with Crippen LogP contribution in [-0.2, 0) is 14.8 Å². The summed E-state index contributed by atoms with van der Waals surface area (Å²) in [6.45, 7) is 2.52. The van der Waals surface area contributed by atoms with E-state index in [1.807, 2.05) is 25.1 Å². The minimum atomic E-state index is -3.58. The van der Waals surface area contributed by atoms with Crippen LogP contribution < -0.4 is 10.1 Å². The van der Waals surface area contributed by atoms with Gasteiger partial charge in [0.2, 0.25) is 15.9 Å². The van der Waals surface area contributed by atoms with Crippen LogP contribution in [0.5, 0.6) is 5.75 Å². The topological polar surface area (TPSA) is 75.7 Å². The number of ether oxygens (including phenoxy) is 1. The van der Waals surface area contributed by atoms with E-state index in [1.165, 1.54) is 23.5 Å². The molecule has 1 atom stereocenters. The highest BCUT2D eigenvalue weighted by Crippen LogP contribution is 2.27. The highest BCUT2D eigenvalue weighted by molar-refractivity contribution is 7.89. The predicted octanol–water partition coefficient (Wildman–Crippen LogP) is 3.63. The van der Waals surface area contributed by atoms with E-state index in [-0.39, 0.29) is 22.8 Å². The van der Waals surface area contributed by atoms with Gasteiger partial charge in [-0.15, -0.1) is 0 Å². The molecule has 8 heteroatoms. The molecular weight excluding hydrogens is 412 g/mol. The van der Waals surface area contributed by atoms with Crippen molar-refractivity contribution in [1.29, 1.82) is 0 Å². The van der Waals surface area contributed by atoms with Crippen LogP contribution >= 0.6 is 11.6 Å². The minimum absolute atomic E-state index is 0.0704. The van der Waals surface area contributed by atoms with Gasteiger partial charge in [0.15, 0.2) is 0 Å². The van der Waals surface area contributed by atoms with Gasteiger partial charge in [0.1, 0.15) is 5.75 Å². The number of nitrogens with zero attached hydrogens (tertiary/aromatic N) is 1. The fraction of sp³-hybridized carbons (Fsp3) is 0.381. The summed E-state index contributed by atoms with van der Waals surface area (Å²) in [5.41, 5.74) is 0.863. The number of methoxy groups -OCH3 is 1. The van der Waals surface area contributed by atoms with E-state index in [9.17, 15) is 13.2 Å². The SMILES string of the molecule is COc1ccc(S(=O)(=O)N2CCC(C(=O)NC(C)c3ccccc3Cl)CC2)cc1.